The molecule has 0 spiro atoms. The molecule has 1 aliphatic carbocycles. The molecule has 0 aromatic heterocycles. The number of likely N-dealkylation sites (tertiary alicyclic amines) is 2. The summed E-state index contributed by atoms with van der Waals surface area (Å²) in [5, 5.41) is 3.05. The Kier molecular flexibility index (Phi) is 7.67. The summed E-state index contributed by atoms with van der Waals surface area (Å²) in [4.78, 5) is 42.5. The van der Waals surface area contributed by atoms with Gasteiger partial charge in [0.15, 0.2) is 0 Å². The van der Waals surface area contributed by atoms with Gasteiger partial charge < -0.3 is 19.9 Å². The van der Waals surface area contributed by atoms with E-state index in [2.05, 4.69) is 5.32 Å². The van der Waals surface area contributed by atoms with Crippen LogP contribution in [0, 0.1) is 17.7 Å². The number of halogens is 1. The van der Waals surface area contributed by atoms with Crippen LogP contribution in [0.2, 0.25) is 0 Å². The second-order valence-electron chi connectivity index (χ2n) is 11.2. The average Bonchev–Trinajstić information content (AvgIpc) is 3.01. The number of carbonyl (C=O) groups excluding carboxylic acids is 3. The van der Waals surface area contributed by atoms with Crippen LogP contribution in [0.25, 0.3) is 0 Å². The van der Waals surface area contributed by atoms with Crippen molar-refractivity contribution in [1.29, 1.82) is 0 Å². The van der Waals surface area contributed by atoms with E-state index in [0.29, 0.717) is 31.0 Å². The van der Waals surface area contributed by atoms with Gasteiger partial charge in [-0.1, -0.05) is 12.5 Å². The van der Waals surface area contributed by atoms with Gasteiger partial charge in [-0.2, -0.15) is 0 Å². The van der Waals surface area contributed by atoms with Gasteiger partial charge in [0.2, 0.25) is 5.91 Å². The Hall–Kier alpha value is -2.64. The minimum absolute atomic E-state index is 0.0984. The van der Waals surface area contributed by atoms with E-state index in [1.807, 2.05) is 25.7 Å². The summed E-state index contributed by atoms with van der Waals surface area (Å²) in [6.07, 6.45) is 5.61. The van der Waals surface area contributed by atoms with Crippen molar-refractivity contribution in [1.82, 2.24) is 15.1 Å². The first-order chi connectivity index (χ1) is 16.6. The Morgan fingerprint density at radius 3 is 2.49 bits per heavy atom. The minimum atomic E-state index is -0.522. The van der Waals surface area contributed by atoms with Crippen molar-refractivity contribution in [2.45, 2.75) is 83.4 Å². The Morgan fingerprint density at radius 1 is 1.06 bits per heavy atom. The number of benzene rings is 1. The zero-order valence-corrected chi connectivity index (χ0v) is 21.1. The predicted molar refractivity (Wildman–Crippen MR) is 130 cm³/mol. The highest BCUT2D eigenvalue weighted by atomic mass is 19.1. The monoisotopic (exact) mass is 487 g/mol. The lowest BCUT2D eigenvalue weighted by atomic mass is 9.80. The van der Waals surface area contributed by atoms with Crippen LogP contribution >= 0.6 is 0 Å². The van der Waals surface area contributed by atoms with Gasteiger partial charge >= 0.3 is 6.09 Å². The number of carbonyl (C=O) groups is 3. The second-order valence-corrected chi connectivity index (χ2v) is 11.2. The van der Waals surface area contributed by atoms with Crippen molar-refractivity contribution in [2.24, 2.45) is 11.8 Å². The van der Waals surface area contributed by atoms with Crippen molar-refractivity contribution < 1.29 is 23.5 Å². The SMILES string of the molecule is CC(C)(C)OC(=O)N1CCC(N2CCC3CCCC(NC(=O)c4cccc(F)c4)CC3C2=O)CC1. The molecule has 192 valence electrons. The number of rotatable bonds is 3. The average molecular weight is 488 g/mol. The molecule has 3 fully saturated rings. The number of hydrogen-bond donors (Lipinski definition) is 1. The van der Waals surface area contributed by atoms with Crippen LogP contribution in [-0.4, -0.2) is 65.0 Å². The molecule has 3 unspecified atom stereocenters. The third-order valence-electron chi connectivity index (χ3n) is 7.56. The molecule has 3 amide bonds. The highest BCUT2D eigenvalue weighted by Gasteiger charge is 2.42. The molecule has 2 heterocycles. The van der Waals surface area contributed by atoms with Crippen LogP contribution in [0.5, 0.6) is 0 Å². The molecule has 3 aliphatic rings. The molecule has 0 bridgehead atoms. The topological polar surface area (TPSA) is 79.0 Å². The molecule has 1 N–H and O–H groups in total. The first kappa shape index (κ1) is 25.5. The molecule has 2 aliphatic heterocycles. The molecular weight excluding hydrogens is 449 g/mol. The second kappa shape index (κ2) is 10.5. The number of hydrogen-bond acceptors (Lipinski definition) is 4. The fraction of sp³-hybridized carbons (Fsp3) is 0.667. The quantitative estimate of drug-likeness (QED) is 0.687. The molecule has 7 nitrogen and oxygen atoms in total. The maximum Gasteiger partial charge on any atom is 0.410 e. The fourth-order valence-corrected chi connectivity index (χ4v) is 5.80. The number of fused-ring (bicyclic) bond motifs is 1. The van der Waals surface area contributed by atoms with Crippen LogP contribution in [0.4, 0.5) is 9.18 Å². The van der Waals surface area contributed by atoms with Crippen molar-refractivity contribution in [3.05, 3.63) is 35.6 Å². The predicted octanol–water partition coefficient (Wildman–Crippen LogP) is 4.36. The molecular formula is C27H38FN3O4. The summed E-state index contributed by atoms with van der Waals surface area (Å²) in [7, 11) is 0. The lowest BCUT2D eigenvalue weighted by molar-refractivity contribution is -0.145. The van der Waals surface area contributed by atoms with Gasteiger partial charge in [-0.3, -0.25) is 9.59 Å². The summed E-state index contributed by atoms with van der Waals surface area (Å²) in [6.45, 7) is 7.52. The summed E-state index contributed by atoms with van der Waals surface area (Å²) >= 11 is 0. The van der Waals surface area contributed by atoms with Crippen LogP contribution in [0.3, 0.4) is 0 Å². The van der Waals surface area contributed by atoms with E-state index in [9.17, 15) is 18.8 Å². The summed E-state index contributed by atoms with van der Waals surface area (Å²) < 4.78 is 19.0. The number of nitrogens with one attached hydrogen (secondary N) is 1. The van der Waals surface area contributed by atoms with Crippen molar-refractivity contribution in [3.63, 3.8) is 0 Å². The maximum atomic E-state index is 13.6. The molecule has 1 aromatic carbocycles. The molecule has 35 heavy (non-hydrogen) atoms. The summed E-state index contributed by atoms with van der Waals surface area (Å²) in [6, 6.07) is 5.73. The fourth-order valence-electron chi connectivity index (χ4n) is 5.80. The Labute approximate surface area is 207 Å². The van der Waals surface area contributed by atoms with Crippen molar-refractivity contribution in [3.8, 4) is 0 Å². The highest BCUT2D eigenvalue weighted by molar-refractivity contribution is 5.94. The Morgan fingerprint density at radius 2 is 1.80 bits per heavy atom. The summed E-state index contributed by atoms with van der Waals surface area (Å²) in [5.41, 5.74) is -0.217. The smallest absolute Gasteiger partial charge is 0.410 e. The van der Waals surface area contributed by atoms with Crippen LogP contribution in [-0.2, 0) is 9.53 Å². The van der Waals surface area contributed by atoms with E-state index in [-0.39, 0.29) is 35.9 Å². The molecule has 0 radical (unpaired) electrons. The van der Waals surface area contributed by atoms with Gasteiger partial charge in [0.05, 0.1) is 0 Å². The molecule has 2 saturated heterocycles. The molecule has 1 saturated carbocycles. The largest absolute Gasteiger partial charge is 0.444 e. The van der Waals surface area contributed by atoms with Crippen molar-refractivity contribution in [2.75, 3.05) is 19.6 Å². The number of nitrogens with zero attached hydrogens (tertiary/aromatic N) is 2. The third kappa shape index (κ3) is 6.33. The lowest BCUT2D eigenvalue weighted by Gasteiger charge is -2.44. The first-order valence-corrected chi connectivity index (χ1v) is 13.0. The van der Waals surface area contributed by atoms with Crippen LogP contribution < -0.4 is 5.32 Å². The van der Waals surface area contributed by atoms with Gasteiger partial charge in [-0.15, -0.1) is 0 Å². The zero-order chi connectivity index (χ0) is 25.2. The Balaban J connectivity index is 1.35. The summed E-state index contributed by atoms with van der Waals surface area (Å²) in [5.74, 6) is -0.300. The zero-order valence-electron chi connectivity index (χ0n) is 21.1. The number of amides is 3. The van der Waals surface area contributed by atoms with Gasteiger partial charge in [0.25, 0.3) is 5.91 Å². The van der Waals surface area contributed by atoms with Gasteiger partial charge in [-0.25, -0.2) is 9.18 Å². The molecule has 8 heteroatoms. The van der Waals surface area contributed by atoms with E-state index in [1.165, 1.54) is 18.2 Å². The Bertz CT molecular complexity index is 939. The van der Waals surface area contributed by atoms with Gasteiger partial charge in [0.1, 0.15) is 11.4 Å². The lowest BCUT2D eigenvalue weighted by Crippen LogP contribution is -2.55. The number of ether oxygens (including phenoxy) is 1. The first-order valence-electron chi connectivity index (χ1n) is 13.0. The van der Waals surface area contributed by atoms with E-state index in [1.54, 1.807) is 11.0 Å². The van der Waals surface area contributed by atoms with Crippen LogP contribution in [0.15, 0.2) is 24.3 Å². The van der Waals surface area contributed by atoms with Gasteiger partial charge in [-0.05, 0) is 83.4 Å². The van der Waals surface area contributed by atoms with Crippen LogP contribution in [0.1, 0.15) is 76.1 Å². The molecule has 3 atom stereocenters. The minimum Gasteiger partial charge on any atom is -0.444 e. The molecule has 1 aromatic rings. The molecule has 4 rings (SSSR count). The van der Waals surface area contributed by atoms with Gasteiger partial charge in [0, 0.05) is 43.2 Å². The maximum absolute atomic E-state index is 13.6. The van der Waals surface area contributed by atoms with E-state index in [0.717, 1.165) is 45.1 Å². The number of piperidine rings is 2. The van der Waals surface area contributed by atoms with E-state index < -0.39 is 11.4 Å². The van der Waals surface area contributed by atoms with E-state index in [4.69, 9.17) is 4.74 Å². The third-order valence-corrected chi connectivity index (χ3v) is 7.56. The normalized spacial score (nSPS) is 26.1. The highest BCUT2D eigenvalue weighted by Crippen LogP contribution is 2.38. The van der Waals surface area contributed by atoms with E-state index >= 15 is 0 Å². The standard InChI is InChI=1S/C27H38FN3O4/c1-27(2,3)35-26(34)30-13-11-22(12-14-30)31-15-10-18-6-5-9-21(17-23(18)25(31)33)29-24(32)19-7-4-8-20(28)16-19/h4,7-8,16,18,21-23H,5-6,9-15,17H2,1-3H3,(H,29,32). The van der Waals surface area contributed by atoms with Crippen molar-refractivity contribution >= 4 is 17.9 Å².